The van der Waals surface area contributed by atoms with Gasteiger partial charge in [-0.15, -0.1) is 0 Å². The van der Waals surface area contributed by atoms with Gasteiger partial charge in [-0.05, 0) is 29.2 Å². The summed E-state index contributed by atoms with van der Waals surface area (Å²) in [5.41, 5.74) is 4.39. The van der Waals surface area contributed by atoms with Crippen LogP contribution >= 0.6 is 0 Å². The van der Waals surface area contributed by atoms with Crippen LogP contribution in [0.25, 0.3) is 6.08 Å². The van der Waals surface area contributed by atoms with Crippen molar-refractivity contribution in [1.82, 2.24) is 0 Å². The lowest BCUT2D eigenvalue weighted by Crippen LogP contribution is -2.38. The summed E-state index contributed by atoms with van der Waals surface area (Å²) in [5, 5.41) is 11.0. The van der Waals surface area contributed by atoms with Gasteiger partial charge in [0.15, 0.2) is 6.23 Å². The molecule has 0 unspecified atom stereocenters. The van der Waals surface area contributed by atoms with E-state index in [0.717, 1.165) is 16.8 Å². The molecule has 32 heavy (non-hydrogen) atoms. The maximum atomic E-state index is 13.3. The fraction of sp³-hybridized carbons (Fsp3) is 0.192. The van der Waals surface area contributed by atoms with Crippen molar-refractivity contribution >= 4 is 23.4 Å². The maximum Gasteiger partial charge on any atom is 0.270 e. The Labute approximate surface area is 186 Å². The van der Waals surface area contributed by atoms with Crippen LogP contribution in [-0.4, -0.2) is 10.8 Å². The van der Waals surface area contributed by atoms with Crippen LogP contribution in [-0.2, 0) is 16.1 Å². The van der Waals surface area contributed by atoms with E-state index in [0.29, 0.717) is 18.1 Å². The lowest BCUT2D eigenvalue weighted by molar-refractivity contribution is -0.384. The molecule has 1 aliphatic rings. The van der Waals surface area contributed by atoms with Gasteiger partial charge in [-0.3, -0.25) is 19.8 Å². The van der Waals surface area contributed by atoms with Gasteiger partial charge in [-0.2, -0.15) is 0 Å². The monoisotopic (exact) mass is 428 g/mol. The number of ether oxygens (including phenoxy) is 1. The molecule has 1 heterocycles. The molecular weight excluding hydrogens is 404 g/mol. The zero-order chi connectivity index (χ0) is 22.7. The number of carbonyl (C=O) groups excluding carboxylic acids is 1. The number of hydrogen-bond acceptors (Lipinski definition) is 4. The van der Waals surface area contributed by atoms with Gasteiger partial charge in [0.25, 0.3) is 11.6 Å². The molecule has 3 aromatic rings. The fourth-order valence-electron chi connectivity index (χ4n) is 3.75. The molecule has 6 heteroatoms. The summed E-state index contributed by atoms with van der Waals surface area (Å²) in [4.78, 5) is 25.6. The van der Waals surface area contributed by atoms with E-state index < -0.39 is 11.2 Å². The highest BCUT2D eigenvalue weighted by molar-refractivity contribution is 6.04. The van der Waals surface area contributed by atoms with Crippen LogP contribution in [0.5, 0.6) is 0 Å². The number of anilines is 1. The van der Waals surface area contributed by atoms with Crippen molar-refractivity contribution in [2.45, 2.75) is 32.6 Å². The molecule has 4 rings (SSSR count). The fourth-order valence-corrected chi connectivity index (χ4v) is 3.75. The lowest BCUT2D eigenvalue weighted by atomic mass is 10.00. The van der Waals surface area contributed by atoms with Gasteiger partial charge in [0.05, 0.1) is 17.2 Å². The highest BCUT2D eigenvalue weighted by atomic mass is 16.6. The number of carbonyl (C=O) groups is 1. The number of nitrogens with zero attached hydrogens (tertiary/aromatic N) is 2. The Morgan fingerprint density at radius 2 is 1.84 bits per heavy atom. The molecule has 1 aliphatic heterocycles. The van der Waals surface area contributed by atoms with Crippen LogP contribution in [0.1, 0.15) is 48.2 Å². The number of non-ortho nitro benzene ring substituents is 1. The maximum absolute atomic E-state index is 13.3. The average Bonchev–Trinajstić information content (AvgIpc) is 2.82. The Hall–Kier alpha value is -3.77. The van der Waals surface area contributed by atoms with Crippen molar-refractivity contribution in [2.75, 3.05) is 4.90 Å². The van der Waals surface area contributed by atoms with Crippen molar-refractivity contribution < 1.29 is 14.5 Å². The molecule has 0 saturated heterocycles. The Kier molecular flexibility index (Phi) is 6.14. The van der Waals surface area contributed by atoms with E-state index in [2.05, 4.69) is 26.0 Å². The van der Waals surface area contributed by atoms with Crippen LogP contribution in [0.2, 0.25) is 0 Å². The van der Waals surface area contributed by atoms with Gasteiger partial charge in [-0.25, -0.2) is 0 Å². The minimum Gasteiger partial charge on any atom is -0.349 e. The molecule has 0 radical (unpaired) electrons. The first-order chi connectivity index (χ1) is 15.4. The van der Waals surface area contributed by atoms with E-state index in [1.165, 1.54) is 23.8 Å². The molecule has 1 amide bonds. The van der Waals surface area contributed by atoms with E-state index in [4.69, 9.17) is 4.74 Å². The van der Waals surface area contributed by atoms with Gasteiger partial charge in [0.1, 0.15) is 0 Å². The first-order valence-electron chi connectivity index (χ1n) is 10.5. The van der Waals surface area contributed by atoms with Crippen molar-refractivity contribution in [3.63, 3.8) is 0 Å². The summed E-state index contributed by atoms with van der Waals surface area (Å²) < 4.78 is 6.11. The third kappa shape index (κ3) is 4.45. The van der Waals surface area contributed by atoms with Crippen LogP contribution in [0, 0.1) is 10.1 Å². The van der Waals surface area contributed by atoms with E-state index in [1.54, 1.807) is 23.1 Å². The van der Waals surface area contributed by atoms with Gasteiger partial charge < -0.3 is 4.74 Å². The van der Waals surface area contributed by atoms with Crippen LogP contribution in [0.3, 0.4) is 0 Å². The zero-order valence-electron chi connectivity index (χ0n) is 18.0. The third-order valence-corrected chi connectivity index (χ3v) is 5.51. The SMILES string of the molecule is CC(C)c1ccc([C@H]2OCc3ccccc3N2C(=O)/C=C/c2cccc([N+](=O)[O-])c2)cc1. The van der Waals surface area contributed by atoms with Gasteiger partial charge in [0, 0.05) is 29.3 Å². The molecule has 6 nitrogen and oxygen atoms in total. The van der Waals surface area contributed by atoms with E-state index in [1.807, 2.05) is 36.4 Å². The zero-order valence-corrected chi connectivity index (χ0v) is 18.0. The van der Waals surface area contributed by atoms with Gasteiger partial charge in [-0.1, -0.05) is 68.4 Å². The topological polar surface area (TPSA) is 72.7 Å². The van der Waals surface area contributed by atoms with Crippen LogP contribution in [0.4, 0.5) is 11.4 Å². The minimum absolute atomic E-state index is 0.0191. The molecule has 0 aromatic heterocycles. The number of rotatable bonds is 5. The summed E-state index contributed by atoms with van der Waals surface area (Å²) in [6.45, 7) is 4.68. The molecule has 0 bridgehead atoms. The summed E-state index contributed by atoms with van der Waals surface area (Å²) in [5.74, 6) is 0.147. The Balaban J connectivity index is 1.67. The molecule has 0 aliphatic carbocycles. The second kappa shape index (κ2) is 9.16. The minimum atomic E-state index is -0.562. The number of fused-ring (bicyclic) bond motifs is 1. The smallest absolute Gasteiger partial charge is 0.270 e. The molecular formula is C26H24N2O4. The summed E-state index contributed by atoms with van der Waals surface area (Å²) in [7, 11) is 0. The second-order valence-electron chi connectivity index (χ2n) is 8.01. The molecule has 0 fully saturated rings. The van der Waals surface area contributed by atoms with Crippen molar-refractivity contribution in [3.8, 4) is 0 Å². The van der Waals surface area contributed by atoms with Crippen LogP contribution in [0.15, 0.2) is 78.9 Å². The predicted molar refractivity (Wildman–Crippen MR) is 124 cm³/mol. The van der Waals surface area contributed by atoms with Crippen molar-refractivity contribution in [2.24, 2.45) is 0 Å². The number of nitro groups is 1. The Bertz CT molecular complexity index is 1170. The second-order valence-corrected chi connectivity index (χ2v) is 8.01. The third-order valence-electron chi connectivity index (χ3n) is 5.51. The van der Waals surface area contributed by atoms with E-state index in [9.17, 15) is 14.9 Å². The summed E-state index contributed by atoms with van der Waals surface area (Å²) >= 11 is 0. The molecule has 0 spiro atoms. The number of amides is 1. The van der Waals surface area contributed by atoms with E-state index >= 15 is 0 Å². The number of para-hydroxylation sites is 1. The number of nitro benzene ring substituents is 1. The molecule has 0 saturated carbocycles. The molecule has 3 aromatic carbocycles. The first kappa shape index (κ1) is 21.5. The van der Waals surface area contributed by atoms with Gasteiger partial charge in [0.2, 0.25) is 0 Å². The normalized spacial score (nSPS) is 15.7. The largest absolute Gasteiger partial charge is 0.349 e. The summed E-state index contributed by atoms with van der Waals surface area (Å²) in [6.07, 6.45) is 2.46. The van der Waals surface area contributed by atoms with Crippen molar-refractivity contribution in [1.29, 1.82) is 0 Å². The number of hydrogen-bond donors (Lipinski definition) is 0. The lowest BCUT2D eigenvalue weighted by Gasteiger charge is -2.36. The Morgan fingerprint density at radius 3 is 2.56 bits per heavy atom. The molecule has 162 valence electrons. The molecule has 0 N–H and O–H groups in total. The van der Waals surface area contributed by atoms with Gasteiger partial charge >= 0.3 is 0 Å². The number of benzene rings is 3. The average molecular weight is 428 g/mol. The quantitative estimate of drug-likeness (QED) is 0.284. The highest BCUT2D eigenvalue weighted by Gasteiger charge is 2.31. The Morgan fingerprint density at radius 1 is 1.09 bits per heavy atom. The predicted octanol–water partition coefficient (Wildman–Crippen LogP) is 5.99. The standard InChI is InChI=1S/C26H24N2O4/c1-18(2)20-11-13-21(14-12-20)26-27(24-9-4-3-7-22(24)17-32-26)25(29)15-10-19-6-5-8-23(16-19)28(30)31/h3-16,18,26H,17H2,1-2H3/b15-10+/t26-/m1/s1. The van der Waals surface area contributed by atoms with Crippen LogP contribution < -0.4 is 4.90 Å². The van der Waals surface area contributed by atoms with Crippen molar-refractivity contribution in [3.05, 3.63) is 111 Å². The molecule has 1 atom stereocenters. The van der Waals surface area contributed by atoms with E-state index in [-0.39, 0.29) is 11.6 Å². The highest BCUT2D eigenvalue weighted by Crippen LogP contribution is 2.37. The summed E-state index contributed by atoms with van der Waals surface area (Å²) in [6, 6.07) is 22.0. The first-order valence-corrected chi connectivity index (χ1v) is 10.5.